The molecule has 0 bridgehead atoms. The van der Waals surface area contributed by atoms with Gasteiger partial charge in [0.2, 0.25) is 5.91 Å². The van der Waals surface area contributed by atoms with Crippen molar-refractivity contribution in [2.75, 3.05) is 26.8 Å². The van der Waals surface area contributed by atoms with Gasteiger partial charge in [-0.1, -0.05) is 25.7 Å². The molecule has 1 aliphatic carbocycles. The van der Waals surface area contributed by atoms with Crippen LogP contribution in [0.4, 0.5) is 0 Å². The molecule has 0 radical (unpaired) electrons. The molecule has 1 aliphatic heterocycles. The lowest BCUT2D eigenvalue weighted by Gasteiger charge is -2.39. The van der Waals surface area contributed by atoms with Crippen LogP contribution in [-0.4, -0.2) is 48.7 Å². The van der Waals surface area contributed by atoms with Crippen molar-refractivity contribution < 1.29 is 19.4 Å². The van der Waals surface area contributed by atoms with E-state index in [4.69, 9.17) is 4.74 Å². The molecule has 0 aromatic rings. The van der Waals surface area contributed by atoms with Crippen LogP contribution < -0.4 is 0 Å². The molecule has 1 amide bonds. The second kappa shape index (κ2) is 7.95. The van der Waals surface area contributed by atoms with Crippen molar-refractivity contribution >= 4 is 11.9 Å². The number of rotatable bonds is 7. The number of likely N-dealkylation sites (tertiary alicyclic amines) is 1. The molecule has 1 atom stereocenters. The first-order chi connectivity index (χ1) is 10.6. The fraction of sp³-hybridized carbons (Fsp3) is 0.882. The highest BCUT2D eigenvalue weighted by Gasteiger charge is 2.43. The molecule has 1 N–H and O–H groups in total. The number of hydrogen-bond acceptors (Lipinski definition) is 3. The molecular weight excluding hydrogens is 282 g/mol. The lowest BCUT2D eigenvalue weighted by atomic mass is 9.80. The van der Waals surface area contributed by atoms with Crippen LogP contribution >= 0.6 is 0 Å². The summed E-state index contributed by atoms with van der Waals surface area (Å²) >= 11 is 0. The zero-order valence-corrected chi connectivity index (χ0v) is 13.7. The minimum absolute atomic E-state index is 0.111. The number of carboxylic acid groups (broad SMARTS) is 1. The summed E-state index contributed by atoms with van der Waals surface area (Å²) in [6, 6.07) is 0. The number of piperidine rings is 1. The van der Waals surface area contributed by atoms with E-state index in [1.165, 1.54) is 32.8 Å². The van der Waals surface area contributed by atoms with E-state index in [1.54, 1.807) is 4.90 Å². The third-order valence-electron chi connectivity index (χ3n) is 5.28. The summed E-state index contributed by atoms with van der Waals surface area (Å²) in [6.07, 6.45) is 9.25. The van der Waals surface area contributed by atoms with Crippen LogP contribution in [0.2, 0.25) is 0 Å². The van der Waals surface area contributed by atoms with Crippen LogP contribution in [-0.2, 0) is 14.3 Å². The molecule has 5 nitrogen and oxygen atoms in total. The van der Waals surface area contributed by atoms with Gasteiger partial charge in [-0.15, -0.1) is 0 Å². The molecule has 2 aliphatic rings. The standard InChI is InChI=1S/C17H29NO4/c1-22-13-17(16(20)21)10-5-11-18(12-17)15(19)9-4-8-14-6-2-3-7-14/h14H,2-13H2,1H3,(H,20,21). The number of nitrogens with zero attached hydrogens (tertiary/aromatic N) is 1. The first-order valence-corrected chi connectivity index (χ1v) is 8.57. The molecule has 2 rings (SSSR count). The Labute approximate surface area is 133 Å². The van der Waals surface area contributed by atoms with Crippen molar-refractivity contribution in [1.29, 1.82) is 0 Å². The van der Waals surface area contributed by atoms with Gasteiger partial charge in [-0.05, 0) is 31.6 Å². The van der Waals surface area contributed by atoms with Crippen molar-refractivity contribution in [3.8, 4) is 0 Å². The van der Waals surface area contributed by atoms with E-state index in [-0.39, 0.29) is 12.5 Å². The smallest absolute Gasteiger partial charge is 0.313 e. The number of carboxylic acids is 1. The minimum atomic E-state index is -0.923. The third kappa shape index (κ3) is 4.22. The lowest BCUT2D eigenvalue weighted by molar-refractivity contribution is -0.159. The first-order valence-electron chi connectivity index (χ1n) is 8.57. The Bertz CT molecular complexity index is 388. The summed E-state index contributed by atoms with van der Waals surface area (Å²) < 4.78 is 5.10. The largest absolute Gasteiger partial charge is 0.481 e. The predicted molar refractivity (Wildman–Crippen MR) is 83.6 cm³/mol. The Morgan fingerprint density at radius 2 is 2.00 bits per heavy atom. The molecule has 0 aromatic heterocycles. The summed E-state index contributed by atoms with van der Waals surface area (Å²) in [4.78, 5) is 25.7. The van der Waals surface area contributed by atoms with Gasteiger partial charge in [-0.2, -0.15) is 0 Å². The monoisotopic (exact) mass is 311 g/mol. The zero-order chi connectivity index (χ0) is 16.0. The minimum Gasteiger partial charge on any atom is -0.481 e. The maximum atomic E-state index is 12.4. The normalized spacial score (nSPS) is 26.3. The lowest BCUT2D eigenvalue weighted by Crippen LogP contribution is -2.52. The predicted octanol–water partition coefficient (Wildman–Crippen LogP) is 2.69. The van der Waals surface area contributed by atoms with E-state index in [1.807, 2.05) is 0 Å². The third-order valence-corrected chi connectivity index (χ3v) is 5.28. The van der Waals surface area contributed by atoms with Crippen molar-refractivity contribution in [3.63, 3.8) is 0 Å². The molecular formula is C17H29NO4. The molecule has 0 spiro atoms. The van der Waals surface area contributed by atoms with Gasteiger partial charge in [0.05, 0.1) is 6.61 Å². The molecule has 1 saturated heterocycles. The van der Waals surface area contributed by atoms with E-state index < -0.39 is 11.4 Å². The Balaban J connectivity index is 1.82. The van der Waals surface area contributed by atoms with E-state index in [0.717, 1.165) is 25.2 Å². The van der Waals surface area contributed by atoms with Crippen LogP contribution in [0.3, 0.4) is 0 Å². The van der Waals surface area contributed by atoms with Crippen molar-refractivity contribution in [3.05, 3.63) is 0 Å². The van der Waals surface area contributed by atoms with Gasteiger partial charge in [-0.3, -0.25) is 9.59 Å². The number of carbonyl (C=O) groups is 2. The van der Waals surface area contributed by atoms with Crippen LogP contribution in [0, 0.1) is 11.3 Å². The summed E-state index contributed by atoms with van der Waals surface area (Å²) in [6.45, 7) is 1.15. The molecule has 1 saturated carbocycles. The first kappa shape index (κ1) is 17.3. The number of aliphatic carboxylic acids is 1. The number of methoxy groups -OCH3 is 1. The second-order valence-corrected chi connectivity index (χ2v) is 6.98. The molecule has 2 fully saturated rings. The quantitative estimate of drug-likeness (QED) is 0.785. The van der Waals surface area contributed by atoms with Crippen LogP contribution in [0.15, 0.2) is 0 Å². The average molecular weight is 311 g/mol. The molecule has 1 unspecified atom stereocenters. The van der Waals surface area contributed by atoms with Gasteiger partial charge in [-0.25, -0.2) is 0 Å². The van der Waals surface area contributed by atoms with Gasteiger partial charge >= 0.3 is 5.97 Å². The molecule has 1 heterocycles. The van der Waals surface area contributed by atoms with Gasteiger partial charge in [0.1, 0.15) is 5.41 Å². The zero-order valence-electron chi connectivity index (χ0n) is 13.7. The summed E-state index contributed by atoms with van der Waals surface area (Å²) in [5, 5.41) is 9.52. The highest BCUT2D eigenvalue weighted by Crippen LogP contribution is 2.32. The van der Waals surface area contributed by atoms with Gasteiger partial charge in [0, 0.05) is 26.6 Å². The SMILES string of the molecule is COCC1(C(=O)O)CCCN(C(=O)CCCC2CCCC2)C1. The molecule has 0 aromatic carbocycles. The second-order valence-electron chi connectivity index (χ2n) is 6.98. The van der Waals surface area contributed by atoms with Crippen molar-refractivity contribution in [2.24, 2.45) is 11.3 Å². The summed E-state index contributed by atoms with van der Waals surface area (Å²) in [7, 11) is 1.52. The topological polar surface area (TPSA) is 66.8 Å². The van der Waals surface area contributed by atoms with E-state index in [2.05, 4.69) is 0 Å². The fourth-order valence-corrected chi connectivity index (χ4v) is 3.97. The van der Waals surface area contributed by atoms with Crippen LogP contribution in [0.1, 0.15) is 57.8 Å². The Morgan fingerprint density at radius 1 is 1.27 bits per heavy atom. The van der Waals surface area contributed by atoms with E-state index in [0.29, 0.717) is 25.9 Å². The Morgan fingerprint density at radius 3 is 2.64 bits per heavy atom. The van der Waals surface area contributed by atoms with Crippen molar-refractivity contribution in [2.45, 2.75) is 57.8 Å². The van der Waals surface area contributed by atoms with E-state index in [9.17, 15) is 14.7 Å². The highest BCUT2D eigenvalue weighted by atomic mass is 16.5. The molecule has 126 valence electrons. The average Bonchev–Trinajstić information content (AvgIpc) is 3.01. The van der Waals surface area contributed by atoms with Gasteiger partial charge < -0.3 is 14.7 Å². The molecule has 22 heavy (non-hydrogen) atoms. The fourth-order valence-electron chi connectivity index (χ4n) is 3.97. The maximum Gasteiger partial charge on any atom is 0.313 e. The van der Waals surface area contributed by atoms with Crippen LogP contribution in [0.25, 0.3) is 0 Å². The molecule has 5 heteroatoms. The van der Waals surface area contributed by atoms with E-state index >= 15 is 0 Å². The van der Waals surface area contributed by atoms with Gasteiger partial charge in [0.25, 0.3) is 0 Å². The Kier molecular flexibility index (Phi) is 6.24. The summed E-state index contributed by atoms with van der Waals surface area (Å²) in [5.74, 6) is 0.0676. The maximum absolute atomic E-state index is 12.4. The number of hydrogen-bond donors (Lipinski definition) is 1. The van der Waals surface area contributed by atoms with Crippen molar-refractivity contribution in [1.82, 2.24) is 4.90 Å². The van der Waals surface area contributed by atoms with Crippen LogP contribution in [0.5, 0.6) is 0 Å². The summed E-state index contributed by atoms with van der Waals surface area (Å²) in [5.41, 5.74) is -0.923. The number of ether oxygens (including phenoxy) is 1. The number of amides is 1. The van der Waals surface area contributed by atoms with Gasteiger partial charge in [0.15, 0.2) is 0 Å². The number of carbonyl (C=O) groups excluding carboxylic acids is 1. The highest BCUT2D eigenvalue weighted by molar-refractivity contribution is 5.79. The Hall–Kier alpha value is -1.10.